The van der Waals surface area contributed by atoms with Gasteiger partial charge in [0.05, 0.1) is 0 Å². The van der Waals surface area contributed by atoms with Gasteiger partial charge in [-0.15, -0.1) is 11.3 Å². The van der Waals surface area contributed by atoms with Gasteiger partial charge in [0.25, 0.3) is 0 Å². The van der Waals surface area contributed by atoms with Gasteiger partial charge in [-0.05, 0) is 114 Å². The second-order valence-electron chi connectivity index (χ2n) is 14.4. The monoisotopic (exact) mass is 761 g/mol. The third kappa shape index (κ3) is 6.06. The summed E-state index contributed by atoms with van der Waals surface area (Å²) in [5.74, 6) is 0.615. The van der Waals surface area contributed by atoms with Crippen LogP contribution in [0.4, 0.5) is 34.1 Å². The van der Waals surface area contributed by atoms with Gasteiger partial charge in [-0.25, -0.2) is 4.98 Å². The van der Waals surface area contributed by atoms with Gasteiger partial charge in [0.1, 0.15) is 5.52 Å². The average molecular weight is 762 g/mol. The first-order valence-electron chi connectivity index (χ1n) is 19.4. The van der Waals surface area contributed by atoms with Gasteiger partial charge in [-0.1, -0.05) is 115 Å². The Labute approximate surface area is 340 Å². The Hall–Kier alpha value is -7.47. The van der Waals surface area contributed by atoms with Crippen LogP contribution < -0.4 is 9.80 Å². The lowest BCUT2D eigenvalue weighted by Crippen LogP contribution is -2.13. The fourth-order valence-corrected chi connectivity index (χ4v) is 9.15. The second-order valence-corrected chi connectivity index (χ2v) is 15.5. The van der Waals surface area contributed by atoms with E-state index in [1.54, 1.807) is 0 Å². The maximum Gasteiger partial charge on any atom is 0.227 e. The molecule has 0 unspecified atom stereocenters. The molecule has 0 saturated carbocycles. The van der Waals surface area contributed by atoms with Crippen LogP contribution in [0.3, 0.4) is 0 Å². The molecule has 9 aromatic carbocycles. The van der Waals surface area contributed by atoms with Crippen molar-refractivity contribution in [1.29, 1.82) is 0 Å². The number of benzene rings is 9. The molecule has 2 heterocycles. The van der Waals surface area contributed by atoms with Crippen LogP contribution in [0.15, 0.2) is 217 Å². The maximum atomic E-state index is 6.54. The highest BCUT2D eigenvalue weighted by molar-refractivity contribution is 7.25. The van der Waals surface area contributed by atoms with E-state index >= 15 is 0 Å². The third-order valence-corrected chi connectivity index (χ3v) is 12.0. The van der Waals surface area contributed by atoms with Crippen molar-refractivity contribution in [1.82, 2.24) is 4.98 Å². The van der Waals surface area contributed by atoms with Crippen molar-refractivity contribution in [2.75, 3.05) is 9.80 Å². The molecule has 0 amide bonds. The van der Waals surface area contributed by atoms with Gasteiger partial charge < -0.3 is 14.2 Å². The molecule has 0 aliphatic rings. The highest BCUT2D eigenvalue weighted by Crippen LogP contribution is 2.44. The zero-order valence-electron chi connectivity index (χ0n) is 31.4. The Morgan fingerprint density at radius 1 is 0.362 bits per heavy atom. The number of anilines is 6. The molecule has 58 heavy (non-hydrogen) atoms. The van der Waals surface area contributed by atoms with E-state index in [0.717, 1.165) is 61.6 Å². The zero-order chi connectivity index (χ0) is 38.4. The Kier molecular flexibility index (Phi) is 8.30. The molecule has 2 aromatic heterocycles. The average Bonchev–Trinajstić information content (AvgIpc) is 3.90. The maximum absolute atomic E-state index is 6.54. The molecular formula is C53H35N3OS. The molecule has 5 heteroatoms. The Balaban J connectivity index is 1.08. The van der Waals surface area contributed by atoms with Crippen molar-refractivity contribution >= 4 is 87.5 Å². The van der Waals surface area contributed by atoms with Gasteiger partial charge in [-0.2, -0.15) is 0 Å². The van der Waals surface area contributed by atoms with E-state index in [4.69, 9.17) is 9.40 Å². The second kappa shape index (κ2) is 14.2. The molecule has 0 N–H and O–H groups in total. The number of hydrogen-bond donors (Lipinski definition) is 0. The van der Waals surface area contributed by atoms with Crippen molar-refractivity contribution in [2.45, 2.75) is 0 Å². The molecular weight excluding hydrogens is 727 g/mol. The first kappa shape index (κ1) is 33.8. The summed E-state index contributed by atoms with van der Waals surface area (Å²) >= 11 is 1.84. The molecule has 0 fully saturated rings. The van der Waals surface area contributed by atoms with Crippen molar-refractivity contribution in [3.05, 3.63) is 212 Å². The fourth-order valence-electron chi connectivity index (χ4n) is 8.07. The third-order valence-electron chi connectivity index (χ3n) is 10.8. The molecule has 11 aromatic rings. The summed E-state index contributed by atoms with van der Waals surface area (Å²) in [4.78, 5) is 9.59. The number of fused-ring (bicyclic) bond motifs is 6. The molecule has 0 aliphatic carbocycles. The predicted octanol–water partition coefficient (Wildman–Crippen LogP) is 15.6. The highest BCUT2D eigenvalue weighted by Gasteiger charge is 2.20. The molecule has 4 nitrogen and oxygen atoms in total. The number of oxazole rings is 1. The minimum atomic E-state index is 0.615. The largest absolute Gasteiger partial charge is 0.435 e. The van der Waals surface area contributed by atoms with E-state index in [1.807, 2.05) is 47.7 Å². The summed E-state index contributed by atoms with van der Waals surface area (Å²) in [6.45, 7) is 0. The number of rotatable bonds is 8. The minimum absolute atomic E-state index is 0.615. The van der Waals surface area contributed by atoms with E-state index in [1.165, 1.54) is 31.3 Å². The van der Waals surface area contributed by atoms with E-state index in [0.29, 0.717) is 5.89 Å². The summed E-state index contributed by atoms with van der Waals surface area (Å²) in [6, 6.07) is 75.3. The predicted molar refractivity (Wildman–Crippen MR) is 245 cm³/mol. The van der Waals surface area contributed by atoms with E-state index < -0.39 is 0 Å². The number of thiophene rings is 1. The summed E-state index contributed by atoms with van der Waals surface area (Å²) in [7, 11) is 0. The topological polar surface area (TPSA) is 32.5 Å². The number of para-hydroxylation sites is 1. The number of aromatic nitrogens is 1. The molecule has 0 aliphatic heterocycles. The molecule has 0 saturated heterocycles. The summed E-state index contributed by atoms with van der Waals surface area (Å²) < 4.78 is 9.12. The molecule has 0 bridgehead atoms. The van der Waals surface area contributed by atoms with Crippen LogP contribution in [0.1, 0.15) is 0 Å². The van der Waals surface area contributed by atoms with E-state index in [-0.39, 0.29) is 0 Å². The number of hydrogen-bond acceptors (Lipinski definition) is 5. The Morgan fingerprint density at radius 3 is 1.62 bits per heavy atom. The fraction of sp³-hybridized carbons (Fsp3) is 0. The standard InChI is InChI=1S/C53H35N3OS/c1-4-13-36(14-5-1)37-23-27-41(28-24-37)56(44-29-25-38-26-31-49-52(47(38)34-44)57-53(54-49)39-15-6-2-7-16-39)43-20-12-19-42(33-43)55(40-17-8-3-9-18-40)45-30-32-51-48(35-45)46-21-10-11-22-50(46)58-51/h1-35H. The smallest absolute Gasteiger partial charge is 0.227 e. The van der Waals surface area contributed by atoms with Crippen molar-refractivity contribution < 1.29 is 4.42 Å². The van der Waals surface area contributed by atoms with Crippen molar-refractivity contribution in [3.63, 3.8) is 0 Å². The van der Waals surface area contributed by atoms with E-state index in [9.17, 15) is 0 Å². The molecule has 0 spiro atoms. The van der Waals surface area contributed by atoms with Crippen LogP contribution in [-0.2, 0) is 0 Å². The molecule has 0 radical (unpaired) electrons. The first-order chi connectivity index (χ1) is 28.7. The highest BCUT2D eigenvalue weighted by atomic mass is 32.1. The van der Waals surface area contributed by atoms with Crippen LogP contribution in [0.5, 0.6) is 0 Å². The molecule has 274 valence electrons. The van der Waals surface area contributed by atoms with Gasteiger partial charge in [0, 0.05) is 65.2 Å². The van der Waals surface area contributed by atoms with Crippen molar-refractivity contribution in [2.24, 2.45) is 0 Å². The van der Waals surface area contributed by atoms with Crippen LogP contribution >= 0.6 is 11.3 Å². The summed E-state index contributed by atoms with van der Waals surface area (Å²) in [5.41, 5.74) is 11.2. The zero-order valence-corrected chi connectivity index (χ0v) is 32.2. The van der Waals surface area contributed by atoms with E-state index in [2.05, 4.69) is 186 Å². The number of nitrogens with zero attached hydrogens (tertiary/aromatic N) is 3. The minimum Gasteiger partial charge on any atom is -0.435 e. The normalized spacial score (nSPS) is 11.4. The molecule has 0 atom stereocenters. The lowest BCUT2D eigenvalue weighted by molar-refractivity contribution is 0.623. The summed E-state index contributed by atoms with van der Waals surface area (Å²) in [6.07, 6.45) is 0. The van der Waals surface area contributed by atoms with Gasteiger partial charge in [0.2, 0.25) is 5.89 Å². The molecule has 11 rings (SSSR count). The quantitative estimate of drug-likeness (QED) is 0.154. The SMILES string of the molecule is c1ccc(-c2ccc(N(c3cccc(N(c4ccccc4)c4ccc5sc6ccccc6c5c4)c3)c3ccc4ccc5nc(-c6ccccc6)oc5c4c3)cc2)cc1. The van der Waals surface area contributed by atoms with Crippen molar-refractivity contribution in [3.8, 4) is 22.6 Å². The summed E-state index contributed by atoms with van der Waals surface area (Å²) in [5, 5.41) is 4.64. The lowest BCUT2D eigenvalue weighted by atomic mass is 10.0. The van der Waals surface area contributed by atoms with Crippen LogP contribution in [0.25, 0.3) is 64.6 Å². The first-order valence-corrected chi connectivity index (χ1v) is 20.3. The van der Waals surface area contributed by atoms with Gasteiger partial charge in [-0.3, -0.25) is 0 Å². The van der Waals surface area contributed by atoms with Gasteiger partial charge >= 0.3 is 0 Å². The lowest BCUT2D eigenvalue weighted by Gasteiger charge is -2.29. The van der Waals surface area contributed by atoms with Crippen LogP contribution in [0.2, 0.25) is 0 Å². The Morgan fingerprint density at radius 2 is 0.879 bits per heavy atom. The Bertz CT molecular complexity index is 3230. The van der Waals surface area contributed by atoms with Crippen LogP contribution in [0, 0.1) is 0 Å². The van der Waals surface area contributed by atoms with Crippen LogP contribution in [-0.4, -0.2) is 4.98 Å². The van der Waals surface area contributed by atoms with Gasteiger partial charge in [0.15, 0.2) is 5.58 Å².